The van der Waals surface area contributed by atoms with Gasteiger partial charge in [-0.25, -0.2) is 4.79 Å². The number of carboxylic acids is 1. The molecule has 0 atom stereocenters. The van der Waals surface area contributed by atoms with Gasteiger partial charge in [0.15, 0.2) is 0 Å². The first kappa shape index (κ1) is 14.3. The van der Waals surface area contributed by atoms with Crippen molar-refractivity contribution in [2.45, 2.75) is 13.1 Å². The van der Waals surface area contributed by atoms with E-state index in [2.05, 4.69) is 9.69 Å². The summed E-state index contributed by atoms with van der Waals surface area (Å²) in [6, 6.07) is 4.87. The van der Waals surface area contributed by atoms with Gasteiger partial charge in [0.1, 0.15) is 10.6 Å². The number of halogens is 3. The third kappa shape index (κ3) is 2.74. The van der Waals surface area contributed by atoms with Crippen molar-refractivity contribution in [1.29, 1.82) is 0 Å². The first-order chi connectivity index (χ1) is 9.30. The molecule has 1 aromatic carbocycles. The average Bonchev–Trinajstić information content (AvgIpc) is 2.70. The molecule has 0 spiro atoms. The quantitative estimate of drug-likeness (QED) is 0.902. The lowest BCUT2D eigenvalue weighted by atomic mass is 10.1. The molecule has 0 saturated heterocycles. The van der Waals surface area contributed by atoms with Crippen LogP contribution in [0.1, 0.15) is 21.6 Å². The molecule has 2 aromatic rings. The Morgan fingerprint density at radius 2 is 2.00 bits per heavy atom. The average molecular weight is 302 g/mol. The van der Waals surface area contributed by atoms with Gasteiger partial charge in [0.2, 0.25) is 0 Å². The minimum absolute atomic E-state index is 0.0756. The molecular formula is C12H9F3N2O2S. The van der Waals surface area contributed by atoms with E-state index in [-0.39, 0.29) is 21.9 Å². The number of nitrogens with zero attached hydrogens (tertiary/aromatic N) is 1. The molecule has 8 heteroatoms. The van der Waals surface area contributed by atoms with Gasteiger partial charge < -0.3 is 10.4 Å². The molecular weight excluding hydrogens is 293 g/mol. The second kappa shape index (κ2) is 5.12. The SMILES string of the molecule is Cc1nsc(Nc2ccccc2C(F)(F)F)c1C(=O)O. The van der Waals surface area contributed by atoms with Gasteiger partial charge in [0, 0.05) is 0 Å². The topological polar surface area (TPSA) is 62.2 Å². The number of benzene rings is 1. The number of hydrogen-bond acceptors (Lipinski definition) is 4. The van der Waals surface area contributed by atoms with Crippen molar-refractivity contribution in [1.82, 2.24) is 4.37 Å². The van der Waals surface area contributed by atoms with Crippen molar-refractivity contribution in [2.24, 2.45) is 0 Å². The number of anilines is 2. The number of carboxylic acid groups (broad SMARTS) is 1. The number of nitrogens with one attached hydrogen (secondary N) is 1. The number of para-hydroxylation sites is 1. The van der Waals surface area contributed by atoms with Gasteiger partial charge >= 0.3 is 12.1 Å². The molecule has 0 aliphatic carbocycles. The van der Waals surface area contributed by atoms with Gasteiger partial charge in [-0.3, -0.25) is 0 Å². The van der Waals surface area contributed by atoms with Crippen LogP contribution in [0.2, 0.25) is 0 Å². The first-order valence-electron chi connectivity index (χ1n) is 5.43. The van der Waals surface area contributed by atoms with Crippen molar-refractivity contribution in [3.8, 4) is 0 Å². The lowest BCUT2D eigenvalue weighted by Gasteiger charge is -2.13. The summed E-state index contributed by atoms with van der Waals surface area (Å²) in [6.45, 7) is 1.49. The molecule has 0 saturated carbocycles. The summed E-state index contributed by atoms with van der Waals surface area (Å²) in [7, 11) is 0. The van der Waals surface area contributed by atoms with Crippen LogP contribution in [0.4, 0.5) is 23.9 Å². The Labute approximate surface area is 116 Å². The van der Waals surface area contributed by atoms with Crippen molar-refractivity contribution < 1.29 is 23.1 Å². The molecule has 4 nitrogen and oxygen atoms in total. The van der Waals surface area contributed by atoms with Crippen LogP contribution in [0.15, 0.2) is 24.3 Å². The fraction of sp³-hybridized carbons (Fsp3) is 0.167. The van der Waals surface area contributed by atoms with Gasteiger partial charge in [-0.1, -0.05) is 12.1 Å². The van der Waals surface area contributed by atoms with E-state index in [0.29, 0.717) is 0 Å². The van der Waals surface area contributed by atoms with E-state index >= 15 is 0 Å². The van der Waals surface area contributed by atoms with Crippen LogP contribution < -0.4 is 5.32 Å². The number of rotatable bonds is 3. The number of alkyl halides is 3. The molecule has 1 heterocycles. The van der Waals surface area contributed by atoms with Gasteiger partial charge in [-0.2, -0.15) is 17.5 Å². The fourth-order valence-corrected chi connectivity index (χ4v) is 2.47. The molecule has 0 fully saturated rings. The molecule has 0 aliphatic rings. The van der Waals surface area contributed by atoms with Crippen LogP contribution in [0.25, 0.3) is 0 Å². The fourth-order valence-electron chi connectivity index (χ4n) is 1.67. The van der Waals surface area contributed by atoms with E-state index in [1.807, 2.05) is 0 Å². The van der Waals surface area contributed by atoms with Crippen molar-refractivity contribution in [3.05, 3.63) is 41.1 Å². The number of carbonyl (C=O) groups is 1. The highest BCUT2D eigenvalue weighted by atomic mass is 32.1. The maximum Gasteiger partial charge on any atom is 0.418 e. The van der Waals surface area contributed by atoms with E-state index in [9.17, 15) is 18.0 Å². The highest BCUT2D eigenvalue weighted by Crippen LogP contribution is 2.37. The zero-order valence-corrected chi connectivity index (χ0v) is 11.0. The summed E-state index contributed by atoms with van der Waals surface area (Å²) in [6.07, 6.45) is -4.52. The van der Waals surface area contributed by atoms with Crippen LogP contribution in [-0.4, -0.2) is 15.4 Å². The molecule has 2 rings (SSSR count). The van der Waals surface area contributed by atoms with E-state index in [1.165, 1.54) is 25.1 Å². The Morgan fingerprint density at radius 3 is 2.60 bits per heavy atom. The van der Waals surface area contributed by atoms with Crippen LogP contribution >= 0.6 is 11.5 Å². The van der Waals surface area contributed by atoms with Crippen molar-refractivity contribution in [2.75, 3.05) is 5.32 Å². The Kier molecular flexibility index (Phi) is 3.67. The predicted octanol–water partition coefficient (Wildman–Crippen LogP) is 3.91. The van der Waals surface area contributed by atoms with Gasteiger partial charge in [-0.05, 0) is 30.6 Å². The predicted molar refractivity (Wildman–Crippen MR) is 68.5 cm³/mol. The second-order valence-electron chi connectivity index (χ2n) is 3.95. The third-order valence-corrected chi connectivity index (χ3v) is 3.41. The zero-order chi connectivity index (χ0) is 14.9. The summed E-state index contributed by atoms with van der Waals surface area (Å²) in [5, 5.41) is 11.6. The molecule has 20 heavy (non-hydrogen) atoms. The Bertz CT molecular complexity index is 652. The minimum Gasteiger partial charge on any atom is -0.478 e. The summed E-state index contributed by atoms with van der Waals surface area (Å²) in [5.41, 5.74) is -0.921. The smallest absolute Gasteiger partial charge is 0.418 e. The molecule has 106 valence electrons. The Morgan fingerprint density at radius 1 is 1.35 bits per heavy atom. The van der Waals surface area contributed by atoms with Crippen molar-refractivity contribution >= 4 is 28.2 Å². The molecule has 2 N–H and O–H groups in total. The molecule has 1 aromatic heterocycles. The summed E-state index contributed by atoms with van der Waals surface area (Å²) in [5.74, 6) is -1.23. The first-order valence-corrected chi connectivity index (χ1v) is 6.21. The maximum atomic E-state index is 12.8. The van der Waals surface area contributed by atoms with E-state index in [1.54, 1.807) is 0 Å². The highest BCUT2D eigenvalue weighted by molar-refractivity contribution is 7.10. The van der Waals surface area contributed by atoms with Gasteiger partial charge in [0.05, 0.1) is 16.9 Å². The summed E-state index contributed by atoms with van der Waals surface area (Å²) < 4.78 is 42.4. The molecule has 0 aliphatic heterocycles. The van der Waals surface area contributed by atoms with Crippen LogP contribution in [0, 0.1) is 6.92 Å². The van der Waals surface area contributed by atoms with E-state index < -0.39 is 17.7 Å². The van der Waals surface area contributed by atoms with E-state index in [0.717, 1.165) is 17.6 Å². The number of aromatic carboxylic acids is 1. The zero-order valence-electron chi connectivity index (χ0n) is 10.2. The standard InChI is InChI=1S/C12H9F3N2O2S/c1-6-9(11(18)19)10(20-17-6)16-8-5-3-2-4-7(8)12(13,14)15/h2-5,16H,1H3,(H,18,19). The van der Waals surface area contributed by atoms with Gasteiger partial charge in [-0.15, -0.1) is 0 Å². The molecule has 0 amide bonds. The minimum atomic E-state index is -4.52. The van der Waals surface area contributed by atoms with Gasteiger partial charge in [0.25, 0.3) is 0 Å². The number of hydrogen-bond donors (Lipinski definition) is 2. The van der Waals surface area contributed by atoms with Crippen LogP contribution in [0.5, 0.6) is 0 Å². The normalized spacial score (nSPS) is 11.4. The summed E-state index contributed by atoms with van der Waals surface area (Å²) in [4.78, 5) is 11.1. The van der Waals surface area contributed by atoms with Crippen molar-refractivity contribution in [3.63, 3.8) is 0 Å². The molecule has 0 unspecified atom stereocenters. The highest BCUT2D eigenvalue weighted by Gasteiger charge is 2.33. The summed E-state index contributed by atoms with van der Waals surface area (Å²) >= 11 is 0.809. The second-order valence-corrected chi connectivity index (χ2v) is 4.72. The molecule has 0 radical (unpaired) electrons. The number of aromatic nitrogens is 1. The monoisotopic (exact) mass is 302 g/mol. The largest absolute Gasteiger partial charge is 0.478 e. The van der Waals surface area contributed by atoms with E-state index in [4.69, 9.17) is 5.11 Å². The molecule has 0 bridgehead atoms. The van der Waals surface area contributed by atoms with Crippen LogP contribution in [0.3, 0.4) is 0 Å². The third-order valence-electron chi connectivity index (χ3n) is 2.56. The lowest BCUT2D eigenvalue weighted by molar-refractivity contribution is -0.136. The lowest BCUT2D eigenvalue weighted by Crippen LogP contribution is -2.09. The Hall–Kier alpha value is -2.09. The Balaban J connectivity index is 2.44. The number of aryl methyl sites for hydroxylation is 1. The maximum absolute atomic E-state index is 12.8. The van der Waals surface area contributed by atoms with Crippen LogP contribution in [-0.2, 0) is 6.18 Å².